The molecule has 1 heterocycles. The van der Waals surface area contributed by atoms with E-state index < -0.39 is 0 Å². The van der Waals surface area contributed by atoms with E-state index in [2.05, 4.69) is 91.0 Å². The van der Waals surface area contributed by atoms with Crippen molar-refractivity contribution in [3.8, 4) is 0 Å². The average Bonchev–Trinajstić information content (AvgIpc) is 2.83. The largest absolute Gasteiger partial charge is 0.371 e. The number of fused-ring (bicyclic) bond motifs is 1. The van der Waals surface area contributed by atoms with Crippen LogP contribution in [-0.4, -0.2) is 54.2 Å². The third-order valence-electron chi connectivity index (χ3n) is 6.93. The lowest BCUT2D eigenvalue weighted by molar-refractivity contribution is 0.281. The van der Waals surface area contributed by atoms with Gasteiger partial charge < -0.3 is 20.0 Å². The predicted molar refractivity (Wildman–Crippen MR) is 152 cm³/mol. The number of benzene rings is 2. The zero-order valence-electron chi connectivity index (χ0n) is 22.0. The number of anilines is 2. The fourth-order valence-electron chi connectivity index (χ4n) is 4.97. The van der Waals surface area contributed by atoms with E-state index in [0.29, 0.717) is 0 Å². The van der Waals surface area contributed by atoms with Gasteiger partial charge in [-0.3, -0.25) is 0 Å². The van der Waals surface area contributed by atoms with Gasteiger partial charge in [0.2, 0.25) is 0 Å². The van der Waals surface area contributed by atoms with Crippen LogP contribution in [0.2, 0.25) is 0 Å². The molecule has 1 N–H and O–H groups in total. The van der Waals surface area contributed by atoms with E-state index in [-0.39, 0.29) is 0 Å². The van der Waals surface area contributed by atoms with E-state index >= 15 is 0 Å². The van der Waals surface area contributed by atoms with Gasteiger partial charge in [-0.25, -0.2) is 0 Å². The topological polar surface area (TPSA) is 21.8 Å². The van der Waals surface area contributed by atoms with Gasteiger partial charge in [-0.05, 0) is 100 Å². The van der Waals surface area contributed by atoms with Gasteiger partial charge in [0, 0.05) is 37.6 Å². The Bertz CT molecular complexity index is 938. The van der Waals surface area contributed by atoms with E-state index in [9.17, 15) is 0 Å². The minimum absolute atomic E-state index is 0.817. The van der Waals surface area contributed by atoms with Crippen LogP contribution in [0.1, 0.15) is 62.3 Å². The summed E-state index contributed by atoms with van der Waals surface area (Å²) in [6, 6.07) is 13.6. The maximum absolute atomic E-state index is 5.95. The lowest BCUT2D eigenvalue weighted by Crippen LogP contribution is -2.37. The Labute approximate surface area is 213 Å². The number of hydrogen-bond acceptors (Lipinski definition) is 3. The number of rotatable bonds is 11. The van der Waals surface area contributed by atoms with Crippen molar-refractivity contribution in [3.05, 3.63) is 58.7 Å². The Kier molecular flexibility index (Phi) is 10.2. The molecular formula is C29H44N4S. The first-order valence-electron chi connectivity index (χ1n) is 13.2. The zero-order chi connectivity index (χ0) is 24.5. The molecule has 2 aromatic carbocycles. The first-order valence-corrected chi connectivity index (χ1v) is 13.6. The minimum atomic E-state index is 0.817. The van der Waals surface area contributed by atoms with Crippen LogP contribution in [0.15, 0.2) is 36.4 Å². The first kappa shape index (κ1) is 26.5. The normalized spacial score (nSPS) is 13.2. The van der Waals surface area contributed by atoms with Crippen LogP contribution < -0.4 is 10.2 Å². The van der Waals surface area contributed by atoms with Crippen LogP contribution in [-0.2, 0) is 13.0 Å². The third kappa shape index (κ3) is 7.19. The minimum Gasteiger partial charge on any atom is -0.371 e. The van der Waals surface area contributed by atoms with Crippen molar-refractivity contribution in [1.29, 1.82) is 0 Å². The summed E-state index contributed by atoms with van der Waals surface area (Å²) in [4.78, 5) is 7.39. The molecule has 0 aromatic heterocycles. The second-order valence-corrected chi connectivity index (χ2v) is 9.99. The van der Waals surface area contributed by atoms with Crippen LogP contribution in [0.25, 0.3) is 0 Å². The highest BCUT2D eigenvalue weighted by molar-refractivity contribution is 7.80. The summed E-state index contributed by atoms with van der Waals surface area (Å²) in [5.74, 6) is 0. The Balaban J connectivity index is 1.75. The van der Waals surface area contributed by atoms with Gasteiger partial charge in [0.1, 0.15) is 0 Å². The SMILES string of the molecule is CCCN1CCCc2cc(CN(CCCN(CC)CC)C(=S)Nc3ccc(C)cc3C)ccc21. The number of hydrogen-bond donors (Lipinski definition) is 1. The fourth-order valence-corrected chi connectivity index (χ4v) is 5.24. The van der Waals surface area contributed by atoms with Crippen LogP contribution in [0.4, 0.5) is 11.4 Å². The molecule has 0 fully saturated rings. The summed E-state index contributed by atoms with van der Waals surface area (Å²) >= 11 is 5.95. The van der Waals surface area contributed by atoms with E-state index in [4.69, 9.17) is 12.2 Å². The molecule has 4 nitrogen and oxygen atoms in total. The second kappa shape index (κ2) is 13.1. The quantitative estimate of drug-likeness (QED) is 0.375. The van der Waals surface area contributed by atoms with Crippen molar-refractivity contribution in [2.45, 2.75) is 66.8 Å². The maximum atomic E-state index is 5.95. The van der Waals surface area contributed by atoms with Gasteiger partial charge in [-0.15, -0.1) is 0 Å². The van der Waals surface area contributed by atoms with Gasteiger partial charge in [0.25, 0.3) is 0 Å². The molecule has 0 aliphatic carbocycles. The molecule has 1 aliphatic rings. The Morgan fingerprint density at radius 1 is 1.03 bits per heavy atom. The number of aryl methyl sites for hydroxylation is 3. The molecule has 1 aliphatic heterocycles. The Hall–Kier alpha value is -2.11. The summed E-state index contributed by atoms with van der Waals surface area (Å²) in [5, 5.41) is 4.36. The molecule has 0 saturated carbocycles. The first-order chi connectivity index (χ1) is 16.4. The predicted octanol–water partition coefficient (Wildman–Crippen LogP) is 6.40. The van der Waals surface area contributed by atoms with Crippen LogP contribution in [0.3, 0.4) is 0 Å². The highest BCUT2D eigenvalue weighted by atomic mass is 32.1. The fraction of sp³-hybridized carbons (Fsp3) is 0.552. The molecule has 5 heteroatoms. The average molecular weight is 481 g/mol. The Morgan fingerprint density at radius 3 is 2.53 bits per heavy atom. The van der Waals surface area contributed by atoms with E-state index in [0.717, 1.165) is 56.5 Å². The number of nitrogens with one attached hydrogen (secondary N) is 1. The van der Waals surface area contributed by atoms with Crippen molar-refractivity contribution in [2.75, 3.05) is 49.5 Å². The van der Waals surface area contributed by atoms with Crippen molar-refractivity contribution in [2.24, 2.45) is 0 Å². The smallest absolute Gasteiger partial charge is 0.173 e. The van der Waals surface area contributed by atoms with Crippen LogP contribution >= 0.6 is 12.2 Å². The highest BCUT2D eigenvalue weighted by Crippen LogP contribution is 2.29. The molecule has 0 atom stereocenters. The van der Waals surface area contributed by atoms with E-state index in [1.165, 1.54) is 53.7 Å². The zero-order valence-corrected chi connectivity index (χ0v) is 22.8. The summed E-state index contributed by atoms with van der Waals surface area (Å²) in [6.45, 7) is 18.4. The third-order valence-corrected chi connectivity index (χ3v) is 7.29. The Morgan fingerprint density at radius 2 is 1.82 bits per heavy atom. The van der Waals surface area contributed by atoms with Crippen LogP contribution in [0, 0.1) is 13.8 Å². The molecule has 186 valence electrons. The summed E-state index contributed by atoms with van der Waals surface area (Å²) < 4.78 is 0. The van der Waals surface area contributed by atoms with Crippen molar-refractivity contribution >= 4 is 28.7 Å². The lowest BCUT2D eigenvalue weighted by Gasteiger charge is -2.32. The van der Waals surface area contributed by atoms with Gasteiger partial charge in [-0.2, -0.15) is 0 Å². The van der Waals surface area contributed by atoms with Crippen molar-refractivity contribution in [1.82, 2.24) is 9.80 Å². The summed E-state index contributed by atoms with van der Waals surface area (Å²) in [6.07, 6.45) is 4.72. The van der Waals surface area contributed by atoms with Gasteiger partial charge >= 0.3 is 0 Å². The molecule has 0 bridgehead atoms. The van der Waals surface area contributed by atoms with Gasteiger partial charge in [0.15, 0.2) is 5.11 Å². The van der Waals surface area contributed by atoms with Gasteiger partial charge in [0.05, 0.1) is 0 Å². The molecule has 0 amide bonds. The van der Waals surface area contributed by atoms with E-state index in [1.807, 2.05) is 0 Å². The number of nitrogens with zero attached hydrogens (tertiary/aromatic N) is 3. The molecule has 3 rings (SSSR count). The molecule has 0 spiro atoms. The van der Waals surface area contributed by atoms with Crippen LogP contribution in [0.5, 0.6) is 0 Å². The maximum Gasteiger partial charge on any atom is 0.173 e. The second-order valence-electron chi connectivity index (χ2n) is 9.60. The van der Waals surface area contributed by atoms with Gasteiger partial charge in [-0.1, -0.05) is 50.6 Å². The molecule has 34 heavy (non-hydrogen) atoms. The molecule has 2 aromatic rings. The van der Waals surface area contributed by atoms with Crippen molar-refractivity contribution in [3.63, 3.8) is 0 Å². The summed E-state index contributed by atoms with van der Waals surface area (Å²) in [7, 11) is 0. The molecule has 0 unspecified atom stereocenters. The standard InChI is InChI=1S/C29H44N4S/c1-6-16-32-18-9-11-26-21-25(13-15-28(26)32)22-33(19-10-17-31(7-2)8-3)29(34)30-27-14-12-23(4)20-24(27)5/h12-15,20-21H,6-11,16-19,22H2,1-5H3,(H,30,34). The van der Waals surface area contributed by atoms with E-state index in [1.54, 1.807) is 0 Å². The summed E-state index contributed by atoms with van der Waals surface area (Å²) in [5.41, 5.74) is 7.88. The highest BCUT2D eigenvalue weighted by Gasteiger charge is 2.18. The molecule has 0 saturated heterocycles. The van der Waals surface area contributed by atoms with Crippen molar-refractivity contribution < 1.29 is 0 Å². The lowest BCUT2D eigenvalue weighted by atomic mass is 9.98. The molecular weight excluding hydrogens is 436 g/mol. The number of thiocarbonyl (C=S) groups is 1. The molecule has 0 radical (unpaired) electrons. The monoisotopic (exact) mass is 480 g/mol.